The summed E-state index contributed by atoms with van der Waals surface area (Å²) < 4.78 is 7.49. The Bertz CT molecular complexity index is 483. The van der Waals surface area contributed by atoms with Crippen LogP contribution < -0.4 is 10.1 Å². The molecule has 1 aromatic carbocycles. The standard InChI is InChI=1S/C15H20BrNO/c1-14(6-7-14)15(2)9-12(17-3)11-8-10(16)4-5-13(11)18-15/h4-5,8,12,17H,6-7,9H2,1-3H3. The molecule has 0 bridgehead atoms. The lowest BCUT2D eigenvalue weighted by Crippen LogP contribution is -2.47. The first-order valence-electron chi connectivity index (χ1n) is 6.63. The van der Waals surface area contributed by atoms with Gasteiger partial charge in [-0.3, -0.25) is 0 Å². The number of benzene rings is 1. The van der Waals surface area contributed by atoms with Crippen molar-refractivity contribution in [1.29, 1.82) is 0 Å². The molecule has 1 aliphatic heterocycles. The fourth-order valence-electron chi connectivity index (χ4n) is 3.01. The lowest BCUT2D eigenvalue weighted by atomic mass is 9.78. The lowest BCUT2D eigenvalue weighted by Gasteiger charge is -2.44. The molecule has 3 rings (SSSR count). The zero-order chi connectivity index (χ0) is 13.0. The van der Waals surface area contributed by atoms with Crippen LogP contribution in [0.15, 0.2) is 22.7 Å². The Morgan fingerprint density at radius 2 is 2.06 bits per heavy atom. The molecule has 2 atom stereocenters. The van der Waals surface area contributed by atoms with Crippen LogP contribution in [0.1, 0.15) is 44.7 Å². The zero-order valence-corrected chi connectivity index (χ0v) is 12.8. The molecule has 2 unspecified atom stereocenters. The van der Waals surface area contributed by atoms with Gasteiger partial charge >= 0.3 is 0 Å². The Labute approximate surface area is 117 Å². The highest BCUT2D eigenvalue weighted by atomic mass is 79.9. The van der Waals surface area contributed by atoms with Crippen molar-refractivity contribution in [2.24, 2.45) is 5.41 Å². The van der Waals surface area contributed by atoms with Crippen molar-refractivity contribution in [1.82, 2.24) is 5.32 Å². The van der Waals surface area contributed by atoms with Crippen molar-refractivity contribution in [2.75, 3.05) is 7.05 Å². The van der Waals surface area contributed by atoms with E-state index in [9.17, 15) is 0 Å². The van der Waals surface area contributed by atoms with E-state index in [1.54, 1.807) is 0 Å². The van der Waals surface area contributed by atoms with Gasteiger partial charge in [-0.05, 0) is 45.0 Å². The van der Waals surface area contributed by atoms with Crippen LogP contribution in [0.2, 0.25) is 0 Å². The van der Waals surface area contributed by atoms with Crippen LogP contribution in [0.4, 0.5) is 0 Å². The van der Waals surface area contributed by atoms with E-state index in [-0.39, 0.29) is 5.60 Å². The number of hydrogen-bond acceptors (Lipinski definition) is 2. The first kappa shape index (κ1) is 12.5. The van der Waals surface area contributed by atoms with E-state index in [0.717, 1.165) is 16.6 Å². The smallest absolute Gasteiger partial charge is 0.125 e. The second-order valence-electron chi connectivity index (χ2n) is 6.12. The van der Waals surface area contributed by atoms with E-state index in [1.807, 2.05) is 7.05 Å². The zero-order valence-electron chi connectivity index (χ0n) is 11.2. The van der Waals surface area contributed by atoms with Crippen LogP contribution in [0.25, 0.3) is 0 Å². The summed E-state index contributed by atoms with van der Waals surface area (Å²) in [6, 6.07) is 6.71. The van der Waals surface area contributed by atoms with Gasteiger partial charge in [-0.25, -0.2) is 0 Å². The van der Waals surface area contributed by atoms with Crippen molar-refractivity contribution in [3.05, 3.63) is 28.2 Å². The Balaban J connectivity index is 2.02. The fraction of sp³-hybridized carbons (Fsp3) is 0.600. The highest BCUT2D eigenvalue weighted by molar-refractivity contribution is 9.10. The Morgan fingerprint density at radius 3 is 2.67 bits per heavy atom. The minimum atomic E-state index is -0.0402. The molecule has 0 spiro atoms. The largest absolute Gasteiger partial charge is 0.487 e. The molecular formula is C15H20BrNO. The fourth-order valence-corrected chi connectivity index (χ4v) is 3.39. The maximum Gasteiger partial charge on any atom is 0.125 e. The molecule has 18 heavy (non-hydrogen) atoms. The van der Waals surface area contributed by atoms with Crippen molar-refractivity contribution in [3.8, 4) is 5.75 Å². The summed E-state index contributed by atoms with van der Waals surface area (Å²) in [6.07, 6.45) is 3.61. The first-order chi connectivity index (χ1) is 8.47. The van der Waals surface area contributed by atoms with Crippen LogP contribution >= 0.6 is 15.9 Å². The lowest BCUT2D eigenvalue weighted by molar-refractivity contribution is -0.0125. The predicted octanol–water partition coefficient (Wildman–Crippen LogP) is 4.05. The molecule has 3 heteroatoms. The molecule has 1 N–H and O–H groups in total. The highest BCUT2D eigenvalue weighted by Gasteiger charge is 2.57. The van der Waals surface area contributed by atoms with E-state index < -0.39 is 0 Å². The van der Waals surface area contributed by atoms with Crippen LogP contribution in [-0.4, -0.2) is 12.6 Å². The molecule has 1 aliphatic carbocycles. The highest BCUT2D eigenvalue weighted by Crippen LogP contribution is 2.59. The maximum atomic E-state index is 6.37. The molecule has 1 fully saturated rings. The molecule has 0 saturated heterocycles. The molecule has 1 aromatic rings. The monoisotopic (exact) mass is 309 g/mol. The molecule has 0 radical (unpaired) electrons. The Morgan fingerprint density at radius 1 is 1.33 bits per heavy atom. The van der Waals surface area contributed by atoms with Gasteiger partial charge in [0, 0.05) is 27.9 Å². The van der Waals surface area contributed by atoms with Crippen molar-refractivity contribution in [3.63, 3.8) is 0 Å². The summed E-state index contributed by atoms with van der Waals surface area (Å²) in [7, 11) is 2.04. The molecule has 0 aromatic heterocycles. The summed E-state index contributed by atoms with van der Waals surface area (Å²) in [4.78, 5) is 0. The van der Waals surface area contributed by atoms with Crippen LogP contribution in [0, 0.1) is 5.41 Å². The number of rotatable bonds is 2. The molecular weight excluding hydrogens is 290 g/mol. The summed E-state index contributed by atoms with van der Waals surface area (Å²) in [5.41, 5.74) is 1.59. The summed E-state index contributed by atoms with van der Waals surface area (Å²) >= 11 is 3.54. The topological polar surface area (TPSA) is 21.3 Å². The van der Waals surface area contributed by atoms with Crippen molar-refractivity contribution >= 4 is 15.9 Å². The van der Waals surface area contributed by atoms with Crippen LogP contribution in [0.3, 0.4) is 0 Å². The normalized spacial score (nSPS) is 32.6. The SMILES string of the molecule is CNC1CC(C)(C2(C)CC2)Oc2ccc(Br)cc21. The molecule has 98 valence electrons. The van der Waals surface area contributed by atoms with Crippen molar-refractivity contribution in [2.45, 2.75) is 44.8 Å². The average Bonchev–Trinajstić information content (AvgIpc) is 3.09. The third-order valence-electron chi connectivity index (χ3n) is 4.90. The summed E-state index contributed by atoms with van der Waals surface area (Å²) in [5, 5.41) is 3.44. The predicted molar refractivity (Wildman–Crippen MR) is 76.9 cm³/mol. The third-order valence-corrected chi connectivity index (χ3v) is 5.39. The maximum absolute atomic E-state index is 6.37. The van der Waals surface area contributed by atoms with E-state index in [1.165, 1.54) is 18.4 Å². The second-order valence-corrected chi connectivity index (χ2v) is 7.04. The quantitative estimate of drug-likeness (QED) is 0.890. The number of halogens is 1. The van der Waals surface area contributed by atoms with E-state index in [4.69, 9.17) is 4.74 Å². The van der Waals surface area contributed by atoms with E-state index in [0.29, 0.717) is 11.5 Å². The van der Waals surface area contributed by atoms with Gasteiger partial charge in [0.2, 0.25) is 0 Å². The first-order valence-corrected chi connectivity index (χ1v) is 7.42. The van der Waals surface area contributed by atoms with E-state index in [2.05, 4.69) is 53.3 Å². The molecule has 2 nitrogen and oxygen atoms in total. The Hall–Kier alpha value is -0.540. The molecule has 0 amide bonds. The number of nitrogens with one attached hydrogen (secondary N) is 1. The number of hydrogen-bond donors (Lipinski definition) is 1. The van der Waals surface area contributed by atoms with Gasteiger partial charge in [-0.1, -0.05) is 22.9 Å². The number of ether oxygens (including phenoxy) is 1. The number of fused-ring (bicyclic) bond motifs is 1. The van der Waals surface area contributed by atoms with Gasteiger partial charge in [-0.15, -0.1) is 0 Å². The Kier molecular flexibility index (Phi) is 2.76. The molecule has 2 aliphatic rings. The van der Waals surface area contributed by atoms with Crippen LogP contribution in [0.5, 0.6) is 5.75 Å². The van der Waals surface area contributed by atoms with Gasteiger partial charge < -0.3 is 10.1 Å². The minimum Gasteiger partial charge on any atom is -0.487 e. The summed E-state index contributed by atoms with van der Waals surface area (Å²) in [5.74, 6) is 1.04. The van der Waals surface area contributed by atoms with Gasteiger partial charge in [0.1, 0.15) is 11.4 Å². The van der Waals surface area contributed by atoms with E-state index >= 15 is 0 Å². The van der Waals surface area contributed by atoms with Crippen LogP contribution in [-0.2, 0) is 0 Å². The van der Waals surface area contributed by atoms with Gasteiger partial charge in [0.05, 0.1) is 0 Å². The second kappa shape index (κ2) is 3.97. The third kappa shape index (κ3) is 1.79. The van der Waals surface area contributed by atoms with Crippen molar-refractivity contribution < 1.29 is 4.74 Å². The molecule has 1 saturated carbocycles. The van der Waals surface area contributed by atoms with Gasteiger partial charge in [0.15, 0.2) is 0 Å². The molecule has 1 heterocycles. The van der Waals surface area contributed by atoms with Gasteiger partial charge in [-0.2, -0.15) is 0 Å². The average molecular weight is 310 g/mol. The van der Waals surface area contributed by atoms with Gasteiger partial charge in [0.25, 0.3) is 0 Å². The summed E-state index contributed by atoms with van der Waals surface area (Å²) in [6.45, 7) is 4.62. The minimum absolute atomic E-state index is 0.0402.